The average molecular weight is 274 g/mol. The maximum atomic E-state index is 4.62. The van der Waals surface area contributed by atoms with Gasteiger partial charge in [-0.1, -0.05) is 13.0 Å². The van der Waals surface area contributed by atoms with Crippen LogP contribution in [0.2, 0.25) is 0 Å². The van der Waals surface area contributed by atoms with E-state index in [2.05, 4.69) is 33.1 Å². The first-order chi connectivity index (χ1) is 9.86. The summed E-state index contributed by atoms with van der Waals surface area (Å²) in [4.78, 5) is 9.70. The first kappa shape index (κ1) is 13.8. The van der Waals surface area contributed by atoms with Gasteiger partial charge in [-0.25, -0.2) is 4.98 Å². The summed E-state index contributed by atoms with van der Waals surface area (Å²) in [5.74, 6) is 2.18. The van der Waals surface area contributed by atoms with Crippen LogP contribution in [0.25, 0.3) is 0 Å². The molecule has 0 unspecified atom stereocenters. The Hall–Kier alpha value is -1.13. The highest BCUT2D eigenvalue weighted by atomic mass is 15.3. The van der Waals surface area contributed by atoms with E-state index >= 15 is 0 Å². The van der Waals surface area contributed by atoms with E-state index in [-0.39, 0.29) is 0 Å². The lowest BCUT2D eigenvalue weighted by molar-refractivity contribution is 0.247. The fourth-order valence-corrected chi connectivity index (χ4v) is 2.92. The average Bonchev–Trinajstić information content (AvgIpc) is 3.30. The van der Waals surface area contributed by atoms with Crippen LogP contribution in [0.3, 0.4) is 0 Å². The number of nitrogens with zero attached hydrogens (tertiary/aromatic N) is 3. The lowest BCUT2D eigenvalue weighted by atomic mass is 10.2. The van der Waals surface area contributed by atoms with Crippen molar-refractivity contribution in [2.24, 2.45) is 5.92 Å². The summed E-state index contributed by atoms with van der Waals surface area (Å²) in [6, 6.07) is 4.24. The third-order valence-electron chi connectivity index (χ3n) is 4.32. The minimum absolute atomic E-state index is 0.919. The van der Waals surface area contributed by atoms with Crippen molar-refractivity contribution in [2.75, 3.05) is 44.2 Å². The first-order valence-corrected chi connectivity index (χ1v) is 7.98. The SMILES string of the molecule is CCNCc1cccnc1N1CCN(CC2CC2)CC1. The summed E-state index contributed by atoms with van der Waals surface area (Å²) < 4.78 is 0. The molecule has 1 aromatic rings. The van der Waals surface area contributed by atoms with E-state index in [0.29, 0.717) is 0 Å². The molecule has 20 heavy (non-hydrogen) atoms. The Labute approximate surface area is 122 Å². The monoisotopic (exact) mass is 274 g/mol. The molecule has 0 spiro atoms. The third kappa shape index (κ3) is 3.49. The van der Waals surface area contributed by atoms with Gasteiger partial charge < -0.3 is 10.2 Å². The largest absolute Gasteiger partial charge is 0.354 e. The second-order valence-electron chi connectivity index (χ2n) is 6.00. The molecule has 4 nitrogen and oxygen atoms in total. The quantitative estimate of drug-likeness (QED) is 0.856. The molecule has 4 heteroatoms. The maximum Gasteiger partial charge on any atom is 0.133 e. The number of pyridine rings is 1. The van der Waals surface area contributed by atoms with Crippen LogP contribution in [-0.4, -0.2) is 49.2 Å². The molecule has 1 saturated carbocycles. The zero-order valence-electron chi connectivity index (χ0n) is 12.5. The molecule has 1 aliphatic carbocycles. The highest BCUT2D eigenvalue weighted by Gasteiger charge is 2.27. The minimum Gasteiger partial charge on any atom is -0.354 e. The molecule has 3 rings (SSSR count). The van der Waals surface area contributed by atoms with E-state index in [9.17, 15) is 0 Å². The number of aromatic nitrogens is 1. The molecule has 110 valence electrons. The van der Waals surface area contributed by atoms with Crippen LogP contribution < -0.4 is 10.2 Å². The molecule has 0 aromatic carbocycles. The molecule has 1 saturated heterocycles. The van der Waals surface area contributed by atoms with Crippen LogP contribution in [0.15, 0.2) is 18.3 Å². The van der Waals surface area contributed by atoms with Crippen molar-refractivity contribution in [3.05, 3.63) is 23.9 Å². The Kier molecular flexibility index (Phi) is 4.53. The van der Waals surface area contributed by atoms with E-state index in [1.807, 2.05) is 12.3 Å². The van der Waals surface area contributed by atoms with Crippen molar-refractivity contribution in [1.29, 1.82) is 0 Å². The smallest absolute Gasteiger partial charge is 0.133 e. The molecule has 1 aliphatic heterocycles. The van der Waals surface area contributed by atoms with Gasteiger partial charge in [0.2, 0.25) is 0 Å². The molecule has 1 aromatic heterocycles. The summed E-state index contributed by atoms with van der Waals surface area (Å²) in [5, 5.41) is 3.41. The highest BCUT2D eigenvalue weighted by molar-refractivity contribution is 5.47. The van der Waals surface area contributed by atoms with Crippen molar-refractivity contribution < 1.29 is 0 Å². The van der Waals surface area contributed by atoms with E-state index < -0.39 is 0 Å². The van der Waals surface area contributed by atoms with Gasteiger partial charge in [0.05, 0.1) is 0 Å². The highest BCUT2D eigenvalue weighted by Crippen LogP contribution is 2.30. The predicted molar refractivity (Wildman–Crippen MR) is 83.0 cm³/mol. The Bertz CT molecular complexity index is 422. The molecule has 0 radical (unpaired) electrons. The van der Waals surface area contributed by atoms with Crippen LogP contribution in [0.1, 0.15) is 25.3 Å². The van der Waals surface area contributed by atoms with Gasteiger partial charge in [0.1, 0.15) is 5.82 Å². The van der Waals surface area contributed by atoms with E-state index in [1.54, 1.807) is 0 Å². The van der Waals surface area contributed by atoms with Gasteiger partial charge in [0.25, 0.3) is 0 Å². The van der Waals surface area contributed by atoms with Crippen LogP contribution >= 0.6 is 0 Å². The third-order valence-corrected chi connectivity index (χ3v) is 4.32. The van der Waals surface area contributed by atoms with Gasteiger partial charge in [-0.05, 0) is 31.4 Å². The molecule has 0 amide bonds. The normalized spacial score (nSPS) is 20.4. The number of anilines is 1. The number of hydrogen-bond donors (Lipinski definition) is 1. The second-order valence-corrected chi connectivity index (χ2v) is 6.00. The zero-order chi connectivity index (χ0) is 13.8. The second kappa shape index (κ2) is 6.55. The molecule has 2 fully saturated rings. The number of nitrogens with one attached hydrogen (secondary N) is 1. The van der Waals surface area contributed by atoms with Crippen molar-refractivity contribution in [2.45, 2.75) is 26.3 Å². The van der Waals surface area contributed by atoms with E-state index in [1.165, 1.54) is 43.9 Å². The fraction of sp³-hybridized carbons (Fsp3) is 0.688. The van der Waals surface area contributed by atoms with Crippen molar-refractivity contribution in [1.82, 2.24) is 15.2 Å². The Morgan fingerprint density at radius 3 is 2.75 bits per heavy atom. The van der Waals surface area contributed by atoms with Gasteiger partial charge in [-0.15, -0.1) is 0 Å². The van der Waals surface area contributed by atoms with E-state index in [0.717, 1.165) is 32.1 Å². The molecular weight excluding hydrogens is 248 g/mol. The number of piperazine rings is 1. The molecule has 2 heterocycles. The van der Waals surface area contributed by atoms with Crippen LogP contribution in [0, 0.1) is 5.92 Å². The molecule has 2 aliphatic rings. The van der Waals surface area contributed by atoms with Gasteiger partial charge in [0.15, 0.2) is 0 Å². The molecule has 0 bridgehead atoms. The summed E-state index contributed by atoms with van der Waals surface area (Å²) in [7, 11) is 0. The Balaban J connectivity index is 1.58. The number of rotatable bonds is 6. The lowest BCUT2D eigenvalue weighted by Crippen LogP contribution is -2.47. The summed E-state index contributed by atoms with van der Waals surface area (Å²) in [5.41, 5.74) is 1.32. The predicted octanol–water partition coefficient (Wildman–Crippen LogP) is 1.72. The van der Waals surface area contributed by atoms with Gasteiger partial charge in [0, 0.05) is 51.0 Å². The Morgan fingerprint density at radius 1 is 1.25 bits per heavy atom. The maximum absolute atomic E-state index is 4.62. The van der Waals surface area contributed by atoms with Crippen molar-refractivity contribution in [3.63, 3.8) is 0 Å². The fourth-order valence-electron chi connectivity index (χ4n) is 2.92. The summed E-state index contributed by atoms with van der Waals surface area (Å²) in [6.07, 6.45) is 4.82. The molecule has 1 N–H and O–H groups in total. The standard InChI is InChI=1S/C16H26N4/c1-2-17-12-15-4-3-7-18-16(15)20-10-8-19(9-11-20)13-14-5-6-14/h3-4,7,14,17H,2,5-6,8-13H2,1H3. The van der Waals surface area contributed by atoms with Gasteiger partial charge >= 0.3 is 0 Å². The van der Waals surface area contributed by atoms with Crippen LogP contribution in [-0.2, 0) is 6.54 Å². The van der Waals surface area contributed by atoms with Crippen LogP contribution in [0.5, 0.6) is 0 Å². The van der Waals surface area contributed by atoms with Gasteiger partial charge in [-0.2, -0.15) is 0 Å². The van der Waals surface area contributed by atoms with Crippen molar-refractivity contribution in [3.8, 4) is 0 Å². The van der Waals surface area contributed by atoms with Gasteiger partial charge in [-0.3, -0.25) is 4.90 Å². The van der Waals surface area contributed by atoms with Crippen LogP contribution in [0.4, 0.5) is 5.82 Å². The van der Waals surface area contributed by atoms with E-state index in [4.69, 9.17) is 0 Å². The Morgan fingerprint density at radius 2 is 2.05 bits per heavy atom. The minimum atomic E-state index is 0.919. The lowest BCUT2D eigenvalue weighted by Gasteiger charge is -2.36. The first-order valence-electron chi connectivity index (χ1n) is 7.98. The molecular formula is C16H26N4. The summed E-state index contributed by atoms with van der Waals surface area (Å²) in [6.45, 7) is 9.99. The topological polar surface area (TPSA) is 31.4 Å². The summed E-state index contributed by atoms with van der Waals surface area (Å²) >= 11 is 0. The van der Waals surface area contributed by atoms with Crippen molar-refractivity contribution >= 4 is 5.82 Å². The zero-order valence-corrected chi connectivity index (χ0v) is 12.5. The molecule has 0 atom stereocenters. The number of hydrogen-bond acceptors (Lipinski definition) is 4.